The number of ether oxygens (including phenoxy) is 1. The molecule has 1 aromatic heterocycles. The zero-order valence-electron chi connectivity index (χ0n) is 12.3. The van der Waals surface area contributed by atoms with E-state index in [1.807, 2.05) is 0 Å². The van der Waals surface area contributed by atoms with Crippen molar-refractivity contribution in [1.82, 2.24) is 10.2 Å². The van der Waals surface area contributed by atoms with Crippen LogP contribution in [0.3, 0.4) is 0 Å². The van der Waals surface area contributed by atoms with Crippen LogP contribution in [0.15, 0.2) is 24.3 Å². The van der Waals surface area contributed by atoms with Crippen molar-refractivity contribution < 1.29 is 4.74 Å². The fraction of sp³-hybridized carbons (Fsp3) is 0.500. The summed E-state index contributed by atoms with van der Waals surface area (Å²) in [7, 11) is 0. The van der Waals surface area contributed by atoms with Crippen LogP contribution in [-0.4, -0.2) is 16.7 Å². The summed E-state index contributed by atoms with van der Waals surface area (Å²) in [6.07, 6.45) is 4.74. The molecule has 0 spiro atoms. The summed E-state index contributed by atoms with van der Waals surface area (Å²) in [5.74, 6) is 0. The van der Waals surface area contributed by atoms with Crippen LogP contribution in [0.1, 0.15) is 48.4 Å². The number of aryl methyl sites for hydroxylation is 1. The van der Waals surface area contributed by atoms with E-state index in [1.54, 1.807) is 11.3 Å². The third-order valence-electron chi connectivity index (χ3n) is 3.72. The Labute approximate surface area is 129 Å². The summed E-state index contributed by atoms with van der Waals surface area (Å²) in [5.41, 5.74) is 2.77. The van der Waals surface area contributed by atoms with E-state index in [4.69, 9.17) is 4.74 Å². The molecular formula is C16H21N3OS. The SMILES string of the molecule is CCCNc1nnc(COC2CCCc3ccccc32)s1. The molecular weight excluding hydrogens is 282 g/mol. The Morgan fingerprint density at radius 2 is 2.24 bits per heavy atom. The van der Waals surface area contributed by atoms with E-state index < -0.39 is 0 Å². The van der Waals surface area contributed by atoms with Gasteiger partial charge in [0.15, 0.2) is 0 Å². The molecule has 1 unspecified atom stereocenters. The van der Waals surface area contributed by atoms with Gasteiger partial charge in [-0.1, -0.05) is 42.5 Å². The lowest BCUT2D eigenvalue weighted by Crippen LogP contribution is -2.12. The first-order valence-electron chi connectivity index (χ1n) is 7.62. The molecule has 3 rings (SSSR count). The second kappa shape index (κ2) is 7.00. The Hall–Kier alpha value is -1.46. The van der Waals surface area contributed by atoms with Gasteiger partial charge in [-0.2, -0.15) is 0 Å². The van der Waals surface area contributed by atoms with Crippen molar-refractivity contribution in [3.05, 3.63) is 40.4 Å². The highest BCUT2D eigenvalue weighted by atomic mass is 32.1. The van der Waals surface area contributed by atoms with Gasteiger partial charge < -0.3 is 10.1 Å². The lowest BCUT2D eigenvalue weighted by atomic mass is 9.89. The standard InChI is InChI=1S/C16H21N3OS/c1-2-10-17-16-19-18-15(21-16)11-20-14-9-5-7-12-6-3-4-8-13(12)14/h3-4,6,8,14H,2,5,7,9-11H2,1H3,(H,17,19). The minimum atomic E-state index is 0.200. The normalized spacial score (nSPS) is 17.5. The van der Waals surface area contributed by atoms with Crippen LogP contribution in [-0.2, 0) is 17.8 Å². The summed E-state index contributed by atoms with van der Waals surface area (Å²) >= 11 is 1.58. The van der Waals surface area contributed by atoms with Gasteiger partial charge in [-0.05, 0) is 36.8 Å². The van der Waals surface area contributed by atoms with Crippen LogP contribution >= 0.6 is 11.3 Å². The van der Waals surface area contributed by atoms with Crippen molar-refractivity contribution in [3.63, 3.8) is 0 Å². The third kappa shape index (κ3) is 3.60. The minimum Gasteiger partial charge on any atom is -0.366 e. The number of hydrogen-bond acceptors (Lipinski definition) is 5. The van der Waals surface area contributed by atoms with Gasteiger partial charge in [0.05, 0.1) is 6.10 Å². The molecule has 0 amide bonds. The van der Waals surface area contributed by atoms with Gasteiger partial charge in [-0.25, -0.2) is 0 Å². The molecule has 0 aliphatic heterocycles. The van der Waals surface area contributed by atoms with Gasteiger partial charge in [0.2, 0.25) is 5.13 Å². The molecule has 0 saturated carbocycles. The average molecular weight is 303 g/mol. The molecule has 4 nitrogen and oxygen atoms in total. The van der Waals surface area contributed by atoms with Gasteiger partial charge >= 0.3 is 0 Å². The predicted molar refractivity (Wildman–Crippen MR) is 85.6 cm³/mol. The van der Waals surface area contributed by atoms with Gasteiger partial charge in [0.25, 0.3) is 0 Å². The van der Waals surface area contributed by atoms with E-state index in [2.05, 4.69) is 46.7 Å². The van der Waals surface area contributed by atoms with Crippen LogP contribution in [0.4, 0.5) is 5.13 Å². The number of rotatable bonds is 6. The third-order valence-corrected chi connectivity index (χ3v) is 4.57. The zero-order valence-corrected chi connectivity index (χ0v) is 13.2. The van der Waals surface area contributed by atoms with E-state index in [9.17, 15) is 0 Å². The number of nitrogens with zero attached hydrogens (tertiary/aromatic N) is 2. The Bertz CT molecular complexity index is 584. The van der Waals surface area contributed by atoms with Gasteiger partial charge in [0, 0.05) is 6.54 Å². The van der Waals surface area contributed by atoms with E-state index in [0.29, 0.717) is 6.61 Å². The molecule has 112 valence electrons. The minimum absolute atomic E-state index is 0.200. The van der Waals surface area contributed by atoms with Crippen molar-refractivity contribution in [2.75, 3.05) is 11.9 Å². The first-order chi connectivity index (χ1) is 10.4. The largest absolute Gasteiger partial charge is 0.366 e. The van der Waals surface area contributed by atoms with Crippen LogP contribution in [0, 0.1) is 0 Å². The summed E-state index contributed by atoms with van der Waals surface area (Å²) < 4.78 is 6.09. The number of fused-ring (bicyclic) bond motifs is 1. The van der Waals surface area contributed by atoms with E-state index in [1.165, 1.54) is 24.0 Å². The topological polar surface area (TPSA) is 47.0 Å². The number of anilines is 1. The molecule has 1 atom stereocenters. The molecule has 1 aliphatic rings. The van der Waals surface area contributed by atoms with E-state index >= 15 is 0 Å². The molecule has 1 heterocycles. The molecule has 2 aromatic rings. The molecule has 0 radical (unpaired) electrons. The van der Waals surface area contributed by atoms with Crippen LogP contribution in [0.2, 0.25) is 0 Å². The fourth-order valence-corrected chi connectivity index (χ4v) is 3.36. The van der Waals surface area contributed by atoms with Crippen molar-refractivity contribution in [2.45, 2.75) is 45.3 Å². The second-order valence-electron chi connectivity index (χ2n) is 5.32. The van der Waals surface area contributed by atoms with Gasteiger partial charge in [-0.15, -0.1) is 10.2 Å². The molecule has 0 saturated heterocycles. The highest BCUT2D eigenvalue weighted by molar-refractivity contribution is 7.15. The number of nitrogens with one attached hydrogen (secondary N) is 1. The van der Waals surface area contributed by atoms with Crippen LogP contribution < -0.4 is 5.32 Å². The zero-order chi connectivity index (χ0) is 14.5. The molecule has 0 fully saturated rings. The predicted octanol–water partition coefficient (Wildman–Crippen LogP) is 3.95. The highest BCUT2D eigenvalue weighted by Crippen LogP contribution is 2.33. The molecule has 21 heavy (non-hydrogen) atoms. The van der Waals surface area contributed by atoms with Crippen molar-refractivity contribution >= 4 is 16.5 Å². The Balaban J connectivity index is 1.59. The Morgan fingerprint density at radius 3 is 3.14 bits per heavy atom. The molecule has 0 bridgehead atoms. The summed E-state index contributed by atoms with van der Waals surface area (Å²) in [6, 6.07) is 8.60. The lowest BCUT2D eigenvalue weighted by Gasteiger charge is -2.25. The Kier molecular flexibility index (Phi) is 4.83. The lowest BCUT2D eigenvalue weighted by molar-refractivity contribution is 0.0279. The van der Waals surface area contributed by atoms with Crippen molar-refractivity contribution in [1.29, 1.82) is 0 Å². The second-order valence-corrected chi connectivity index (χ2v) is 6.38. The van der Waals surface area contributed by atoms with Crippen molar-refractivity contribution in [2.24, 2.45) is 0 Å². The highest BCUT2D eigenvalue weighted by Gasteiger charge is 2.20. The monoisotopic (exact) mass is 303 g/mol. The number of aromatic nitrogens is 2. The van der Waals surface area contributed by atoms with Crippen LogP contribution in [0.25, 0.3) is 0 Å². The molecule has 5 heteroatoms. The molecule has 1 aliphatic carbocycles. The van der Waals surface area contributed by atoms with E-state index in [0.717, 1.165) is 29.5 Å². The maximum Gasteiger partial charge on any atom is 0.205 e. The summed E-state index contributed by atoms with van der Waals surface area (Å²) in [6.45, 7) is 3.62. The fourth-order valence-electron chi connectivity index (χ4n) is 2.67. The van der Waals surface area contributed by atoms with Gasteiger partial charge in [0.1, 0.15) is 11.6 Å². The Morgan fingerprint density at radius 1 is 1.33 bits per heavy atom. The molecule has 1 N–H and O–H groups in total. The maximum absolute atomic E-state index is 6.09. The number of benzene rings is 1. The van der Waals surface area contributed by atoms with Crippen LogP contribution in [0.5, 0.6) is 0 Å². The average Bonchev–Trinajstić information content (AvgIpc) is 2.99. The first-order valence-corrected chi connectivity index (χ1v) is 8.44. The van der Waals surface area contributed by atoms with E-state index in [-0.39, 0.29) is 6.10 Å². The van der Waals surface area contributed by atoms with Crippen molar-refractivity contribution in [3.8, 4) is 0 Å². The molecule has 1 aromatic carbocycles. The first kappa shape index (κ1) is 14.5. The quantitative estimate of drug-likeness (QED) is 0.877. The smallest absolute Gasteiger partial charge is 0.205 e. The summed E-state index contributed by atoms with van der Waals surface area (Å²) in [4.78, 5) is 0. The van der Waals surface area contributed by atoms with Gasteiger partial charge in [-0.3, -0.25) is 0 Å². The number of hydrogen-bond donors (Lipinski definition) is 1. The summed E-state index contributed by atoms with van der Waals surface area (Å²) in [5, 5.41) is 13.4. The maximum atomic E-state index is 6.09.